The van der Waals surface area contributed by atoms with Crippen molar-refractivity contribution >= 4 is 16.7 Å². The molecule has 4 aromatic rings. The third-order valence-corrected chi connectivity index (χ3v) is 4.93. The van der Waals surface area contributed by atoms with Gasteiger partial charge in [0.2, 0.25) is 0 Å². The summed E-state index contributed by atoms with van der Waals surface area (Å²) in [6.45, 7) is 3.65. The Balaban J connectivity index is 1.86. The topological polar surface area (TPSA) is 68.3 Å². The Morgan fingerprint density at radius 1 is 1.07 bits per heavy atom. The number of nitrogens with zero attached hydrogens (tertiary/aromatic N) is 6. The molecule has 0 aliphatic rings. The van der Waals surface area contributed by atoms with Crippen LogP contribution in [0.15, 0.2) is 47.4 Å². The van der Waals surface area contributed by atoms with Gasteiger partial charge < -0.3 is 9.47 Å². The van der Waals surface area contributed by atoms with E-state index in [9.17, 15) is 4.79 Å². The van der Waals surface area contributed by atoms with E-state index in [4.69, 9.17) is 5.10 Å². The van der Waals surface area contributed by atoms with Crippen molar-refractivity contribution in [3.63, 3.8) is 0 Å². The second-order valence-electron chi connectivity index (χ2n) is 7.18. The standard InChI is InChI=1S/C21H24N6O/c1-4-16-18(15-9-6-5-7-10-15)20-23-22-19-17(27(20)24-16)11-14-26(21(19)28)13-8-12-25(2)3/h5-7,9-11,14H,4,8,12-13H2,1-3H3. The summed E-state index contributed by atoms with van der Waals surface area (Å²) in [5.41, 5.74) is 4.58. The van der Waals surface area contributed by atoms with Gasteiger partial charge in [-0.15, -0.1) is 10.2 Å². The van der Waals surface area contributed by atoms with E-state index in [1.807, 2.05) is 56.7 Å². The van der Waals surface area contributed by atoms with Crippen LogP contribution in [0.3, 0.4) is 0 Å². The monoisotopic (exact) mass is 376 g/mol. The average Bonchev–Trinajstić information content (AvgIpc) is 3.09. The zero-order chi connectivity index (χ0) is 19.7. The molecule has 3 heterocycles. The number of hydrogen-bond donors (Lipinski definition) is 0. The number of rotatable bonds is 6. The Morgan fingerprint density at radius 2 is 1.86 bits per heavy atom. The molecular weight excluding hydrogens is 352 g/mol. The van der Waals surface area contributed by atoms with E-state index in [1.165, 1.54) is 0 Å². The van der Waals surface area contributed by atoms with Crippen LogP contribution in [0.5, 0.6) is 0 Å². The van der Waals surface area contributed by atoms with Crippen molar-refractivity contribution in [1.29, 1.82) is 0 Å². The number of benzene rings is 1. The van der Waals surface area contributed by atoms with Crippen molar-refractivity contribution in [2.24, 2.45) is 0 Å². The van der Waals surface area contributed by atoms with Crippen LogP contribution in [-0.4, -0.2) is 49.9 Å². The van der Waals surface area contributed by atoms with Crippen LogP contribution in [0, 0.1) is 0 Å². The fourth-order valence-electron chi connectivity index (χ4n) is 3.51. The van der Waals surface area contributed by atoms with Crippen molar-refractivity contribution in [3.8, 4) is 11.1 Å². The molecule has 7 nitrogen and oxygen atoms in total. The summed E-state index contributed by atoms with van der Waals surface area (Å²) in [6.07, 6.45) is 3.50. The maximum Gasteiger partial charge on any atom is 0.280 e. The van der Waals surface area contributed by atoms with Gasteiger partial charge in [0.15, 0.2) is 11.2 Å². The van der Waals surface area contributed by atoms with Gasteiger partial charge in [0.1, 0.15) is 5.52 Å². The fraction of sp³-hybridized carbons (Fsp3) is 0.333. The molecule has 0 fully saturated rings. The highest BCUT2D eigenvalue weighted by molar-refractivity contribution is 5.84. The summed E-state index contributed by atoms with van der Waals surface area (Å²) in [5.74, 6) is 0. The summed E-state index contributed by atoms with van der Waals surface area (Å²) < 4.78 is 3.46. The van der Waals surface area contributed by atoms with Gasteiger partial charge in [0.05, 0.1) is 11.3 Å². The molecule has 0 radical (unpaired) electrons. The largest absolute Gasteiger partial charge is 0.313 e. The molecule has 0 atom stereocenters. The maximum absolute atomic E-state index is 12.9. The van der Waals surface area contributed by atoms with Gasteiger partial charge in [-0.25, -0.2) is 4.52 Å². The van der Waals surface area contributed by atoms with Crippen LogP contribution in [-0.2, 0) is 13.0 Å². The maximum atomic E-state index is 12.9. The Hall–Kier alpha value is -3.06. The fourth-order valence-corrected chi connectivity index (χ4v) is 3.51. The number of hydrogen-bond acceptors (Lipinski definition) is 5. The summed E-state index contributed by atoms with van der Waals surface area (Å²) in [6, 6.07) is 12.0. The van der Waals surface area contributed by atoms with Gasteiger partial charge >= 0.3 is 0 Å². The lowest BCUT2D eigenvalue weighted by Crippen LogP contribution is -2.24. The third-order valence-electron chi connectivity index (χ3n) is 4.93. The van der Waals surface area contributed by atoms with E-state index >= 15 is 0 Å². The van der Waals surface area contributed by atoms with E-state index in [0.29, 0.717) is 23.2 Å². The molecule has 0 N–H and O–H groups in total. The number of aromatic nitrogens is 5. The molecule has 28 heavy (non-hydrogen) atoms. The normalized spacial score (nSPS) is 11.7. The van der Waals surface area contributed by atoms with Crippen molar-refractivity contribution in [2.75, 3.05) is 20.6 Å². The number of aryl methyl sites for hydroxylation is 2. The highest BCUT2D eigenvalue weighted by atomic mass is 16.1. The van der Waals surface area contributed by atoms with Crippen LogP contribution in [0.4, 0.5) is 0 Å². The van der Waals surface area contributed by atoms with Gasteiger partial charge in [0, 0.05) is 12.7 Å². The minimum Gasteiger partial charge on any atom is -0.313 e. The molecular formula is C21H24N6O. The van der Waals surface area contributed by atoms with E-state index in [0.717, 1.165) is 36.2 Å². The summed E-state index contributed by atoms with van der Waals surface area (Å²) in [5, 5.41) is 13.4. The first kappa shape index (κ1) is 18.3. The highest BCUT2D eigenvalue weighted by Crippen LogP contribution is 2.28. The zero-order valence-electron chi connectivity index (χ0n) is 16.5. The third kappa shape index (κ3) is 3.18. The molecule has 0 amide bonds. The van der Waals surface area contributed by atoms with Crippen molar-refractivity contribution in [2.45, 2.75) is 26.3 Å². The molecule has 0 saturated carbocycles. The van der Waals surface area contributed by atoms with Crippen LogP contribution in [0.1, 0.15) is 19.0 Å². The van der Waals surface area contributed by atoms with Crippen molar-refractivity contribution in [1.82, 2.24) is 29.3 Å². The first-order valence-electron chi connectivity index (χ1n) is 9.57. The highest BCUT2D eigenvalue weighted by Gasteiger charge is 2.18. The lowest BCUT2D eigenvalue weighted by Gasteiger charge is -2.11. The molecule has 1 aromatic carbocycles. The number of pyridine rings is 1. The quantitative estimate of drug-likeness (QED) is 0.517. The van der Waals surface area contributed by atoms with Crippen molar-refractivity contribution < 1.29 is 0 Å². The van der Waals surface area contributed by atoms with Gasteiger partial charge in [-0.3, -0.25) is 4.79 Å². The number of fused-ring (bicyclic) bond motifs is 3. The van der Waals surface area contributed by atoms with Crippen LogP contribution in [0.25, 0.3) is 27.8 Å². The van der Waals surface area contributed by atoms with Crippen LogP contribution >= 0.6 is 0 Å². The molecule has 0 spiro atoms. The molecule has 0 aliphatic carbocycles. The van der Waals surface area contributed by atoms with Gasteiger partial charge in [0.25, 0.3) is 5.56 Å². The Bertz CT molecular complexity index is 1180. The Morgan fingerprint density at radius 3 is 2.57 bits per heavy atom. The average molecular weight is 376 g/mol. The molecule has 144 valence electrons. The predicted octanol–water partition coefficient (Wildman–Crippen LogP) is 2.62. The molecule has 0 unspecified atom stereocenters. The first-order valence-corrected chi connectivity index (χ1v) is 9.57. The second-order valence-corrected chi connectivity index (χ2v) is 7.18. The molecule has 7 heteroatoms. The van der Waals surface area contributed by atoms with E-state index < -0.39 is 0 Å². The minimum atomic E-state index is -0.125. The van der Waals surface area contributed by atoms with E-state index in [1.54, 1.807) is 9.08 Å². The van der Waals surface area contributed by atoms with E-state index in [2.05, 4.69) is 22.0 Å². The summed E-state index contributed by atoms with van der Waals surface area (Å²) in [4.78, 5) is 15.0. The predicted molar refractivity (Wildman–Crippen MR) is 111 cm³/mol. The van der Waals surface area contributed by atoms with Gasteiger partial charge in [-0.2, -0.15) is 5.10 Å². The zero-order valence-corrected chi connectivity index (χ0v) is 16.5. The Kier molecular flexibility index (Phi) is 4.92. The SMILES string of the molecule is CCc1nn2c(nnc3c(=O)n(CCCN(C)C)ccc32)c1-c1ccccc1. The first-order chi connectivity index (χ1) is 13.6. The molecule has 3 aromatic heterocycles. The van der Waals surface area contributed by atoms with Crippen LogP contribution in [0.2, 0.25) is 0 Å². The van der Waals surface area contributed by atoms with E-state index in [-0.39, 0.29) is 5.56 Å². The smallest absolute Gasteiger partial charge is 0.280 e. The second kappa shape index (κ2) is 7.52. The molecule has 4 rings (SSSR count). The van der Waals surface area contributed by atoms with Gasteiger partial charge in [-0.05, 0) is 45.1 Å². The minimum absolute atomic E-state index is 0.125. The summed E-state index contributed by atoms with van der Waals surface area (Å²) >= 11 is 0. The lowest BCUT2D eigenvalue weighted by atomic mass is 10.0. The summed E-state index contributed by atoms with van der Waals surface area (Å²) in [7, 11) is 4.05. The lowest BCUT2D eigenvalue weighted by molar-refractivity contribution is 0.385. The molecule has 0 aliphatic heterocycles. The van der Waals surface area contributed by atoms with Crippen molar-refractivity contribution in [3.05, 3.63) is 58.6 Å². The Labute approximate surface area is 163 Å². The molecule has 0 saturated heterocycles. The van der Waals surface area contributed by atoms with Gasteiger partial charge in [-0.1, -0.05) is 37.3 Å². The molecule has 0 bridgehead atoms. The van der Waals surface area contributed by atoms with Crippen LogP contribution < -0.4 is 5.56 Å².